The highest BCUT2D eigenvalue weighted by Crippen LogP contribution is 2.30. The Balaban J connectivity index is 1.87. The summed E-state index contributed by atoms with van der Waals surface area (Å²) in [6, 6.07) is 3.45. The largest absolute Gasteiger partial charge is 0.298 e. The number of hydrogen-bond donors (Lipinski definition) is 1. The third kappa shape index (κ3) is 4.62. The Labute approximate surface area is 158 Å². The van der Waals surface area contributed by atoms with E-state index in [2.05, 4.69) is 15.3 Å². The lowest BCUT2D eigenvalue weighted by Gasteiger charge is -2.11. The fourth-order valence-corrected chi connectivity index (χ4v) is 4.19. The Morgan fingerprint density at radius 2 is 2.12 bits per heavy atom. The van der Waals surface area contributed by atoms with Crippen LogP contribution in [0.4, 0.5) is 9.52 Å². The SMILES string of the molecule is CCS(=O)c1ccc(C(=CC2CCCC2)C(=O)Nc2ncc(F)s2)cn1. The normalized spacial score (nSPS) is 16.6. The molecule has 0 radical (unpaired) electrons. The number of amides is 1. The Morgan fingerprint density at radius 3 is 2.69 bits per heavy atom. The van der Waals surface area contributed by atoms with Crippen LogP contribution in [-0.2, 0) is 15.6 Å². The zero-order valence-corrected chi connectivity index (χ0v) is 16.0. The van der Waals surface area contributed by atoms with E-state index in [1.165, 1.54) is 0 Å². The van der Waals surface area contributed by atoms with Crippen molar-refractivity contribution < 1.29 is 13.4 Å². The highest BCUT2D eigenvalue weighted by Gasteiger charge is 2.20. The predicted octanol–water partition coefficient (Wildman–Crippen LogP) is 4.02. The highest BCUT2D eigenvalue weighted by molar-refractivity contribution is 7.84. The van der Waals surface area contributed by atoms with Crippen molar-refractivity contribution in [2.24, 2.45) is 5.92 Å². The lowest BCUT2D eigenvalue weighted by molar-refractivity contribution is -0.111. The van der Waals surface area contributed by atoms with Gasteiger partial charge in [0.05, 0.1) is 17.0 Å². The third-order valence-electron chi connectivity index (χ3n) is 4.29. The van der Waals surface area contributed by atoms with Gasteiger partial charge in [0.1, 0.15) is 5.03 Å². The number of hydrogen-bond acceptors (Lipinski definition) is 5. The van der Waals surface area contributed by atoms with Crippen molar-refractivity contribution in [2.45, 2.75) is 37.6 Å². The number of nitrogens with one attached hydrogen (secondary N) is 1. The molecular weight excluding hydrogens is 373 g/mol. The summed E-state index contributed by atoms with van der Waals surface area (Å²) in [7, 11) is -1.14. The van der Waals surface area contributed by atoms with Gasteiger partial charge in [-0.25, -0.2) is 9.97 Å². The molecule has 2 aromatic heterocycles. The molecule has 26 heavy (non-hydrogen) atoms. The van der Waals surface area contributed by atoms with Gasteiger partial charge in [-0.3, -0.25) is 14.3 Å². The van der Waals surface area contributed by atoms with E-state index >= 15 is 0 Å². The summed E-state index contributed by atoms with van der Waals surface area (Å²) >= 11 is 0.788. The number of halogens is 1. The molecule has 1 saturated carbocycles. The van der Waals surface area contributed by atoms with Gasteiger partial charge < -0.3 is 0 Å². The molecule has 2 aromatic rings. The number of rotatable bonds is 6. The maximum absolute atomic E-state index is 13.1. The molecule has 0 aromatic carbocycles. The highest BCUT2D eigenvalue weighted by atomic mass is 32.2. The molecule has 0 aliphatic heterocycles. The van der Waals surface area contributed by atoms with Crippen LogP contribution >= 0.6 is 11.3 Å². The van der Waals surface area contributed by atoms with E-state index in [1.54, 1.807) is 18.3 Å². The molecule has 0 saturated heterocycles. The van der Waals surface area contributed by atoms with Crippen molar-refractivity contribution in [3.8, 4) is 0 Å². The number of allylic oxidation sites excluding steroid dienone is 1. The van der Waals surface area contributed by atoms with E-state index in [1.807, 2.05) is 13.0 Å². The first-order valence-corrected chi connectivity index (χ1v) is 10.7. The maximum Gasteiger partial charge on any atom is 0.257 e. The van der Waals surface area contributed by atoms with Crippen LogP contribution in [0, 0.1) is 11.0 Å². The molecule has 1 atom stereocenters. The first-order valence-electron chi connectivity index (χ1n) is 8.56. The minimum atomic E-state index is -1.14. The van der Waals surface area contributed by atoms with Gasteiger partial charge in [-0.2, -0.15) is 4.39 Å². The van der Waals surface area contributed by atoms with E-state index in [-0.39, 0.29) is 11.0 Å². The average molecular weight is 394 g/mol. The van der Waals surface area contributed by atoms with Gasteiger partial charge in [0.25, 0.3) is 5.91 Å². The van der Waals surface area contributed by atoms with Crippen molar-refractivity contribution in [1.29, 1.82) is 0 Å². The van der Waals surface area contributed by atoms with Crippen LogP contribution in [0.1, 0.15) is 38.2 Å². The summed E-state index contributed by atoms with van der Waals surface area (Å²) in [5.74, 6) is 0.498. The van der Waals surface area contributed by atoms with E-state index in [0.717, 1.165) is 43.2 Å². The van der Waals surface area contributed by atoms with Gasteiger partial charge in [0.15, 0.2) is 10.3 Å². The van der Waals surface area contributed by atoms with Crippen molar-refractivity contribution in [3.63, 3.8) is 0 Å². The van der Waals surface area contributed by atoms with Crippen LogP contribution in [0.15, 0.2) is 35.6 Å². The molecule has 1 fully saturated rings. The molecule has 1 aliphatic carbocycles. The minimum absolute atomic E-state index is 0.224. The summed E-state index contributed by atoms with van der Waals surface area (Å²) in [6.45, 7) is 1.83. The summed E-state index contributed by atoms with van der Waals surface area (Å²) in [6.07, 6.45) is 9.03. The van der Waals surface area contributed by atoms with Crippen molar-refractivity contribution in [1.82, 2.24) is 9.97 Å². The number of pyridine rings is 1. The summed E-state index contributed by atoms with van der Waals surface area (Å²) in [5, 5.41) is 2.93. The first kappa shape index (κ1) is 18.8. The fourth-order valence-electron chi connectivity index (χ4n) is 2.96. The second-order valence-electron chi connectivity index (χ2n) is 6.07. The third-order valence-corrected chi connectivity index (χ3v) is 6.22. The molecule has 138 valence electrons. The lowest BCUT2D eigenvalue weighted by Crippen LogP contribution is -2.15. The molecule has 2 heterocycles. The van der Waals surface area contributed by atoms with Gasteiger partial charge >= 0.3 is 0 Å². The number of carbonyl (C=O) groups excluding carboxylic acids is 1. The van der Waals surface area contributed by atoms with Crippen LogP contribution in [0.5, 0.6) is 0 Å². The van der Waals surface area contributed by atoms with E-state index in [9.17, 15) is 13.4 Å². The molecule has 1 unspecified atom stereocenters. The number of thiazole rings is 1. The van der Waals surface area contributed by atoms with Gasteiger partial charge in [0, 0.05) is 23.1 Å². The standard InChI is InChI=1S/C18H20FN3O2S2/c1-2-26(24)16-8-7-13(10-20-16)14(9-12-5-3-4-6-12)17(23)22-18-21-11-15(19)25-18/h7-12H,2-6H2,1H3,(H,21,22,23). The maximum atomic E-state index is 13.1. The van der Waals surface area contributed by atoms with Crippen LogP contribution in [-0.4, -0.2) is 25.8 Å². The molecule has 1 aliphatic rings. The Hall–Kier alpha value is -1.93. The molecule has 1 amide bonds. The van der Waals surface area contributed by atoms with E-state index in [0.29, 0.717) is 27.8 Å². The summed E-state index contributed by atoms with van der Waals surface area (Å²) in [5.41, 5.74) is 1.15. The lowest BCUT2D eigenvalue weighted by atomic mass is 9.99. The van der Waals surface area contributed by atoms with Crippen molar-refractivity contribution in [3.05, 3.63) is 41.3 Å². The molecule has 8 heteroatoms. The zero-order chi connectivity index (χ0) is 18.5. The van der Waals surface area contributed by atoms with Gasteiger partial charge in [-0.15, -0.1) is 0 Å². The Morgan fingerprint density at radius 1 is 1.35 bits per heavy atom. The molecular formula is C18H20FN3O2S2. The molecule has 0 spiro atoms. The molecule has 3 rings (SSSR count). The second-order valence-corrected chi connectivity index (χ2v) is 8.74. The van der Waals surface area contributed by atoms with E-state index < -0.39 is 15.9 Å². The number of carbonyl (C=O) groups is 1. The minimum Gasteiger partial charge on any atom is -0.298 e. The Kier molecular flexibility index (Phi) is 6.26. The van der Waals surface area contributed by atoms with Gasteiger partial charge in [0.2, 0.25) is 0 Å². The smallest absolute Gasteiger partial charge is 0.257 e. The number of anilines is 1. The topological polar surface area (TPSA) is 72.0 Å². The van der Waals surface area contributed by atoms with Crippen LogP contribution < -0.4 is 5.32 Å². The molecule has 1 N–H and O–H groups in total. The van der Waals surface area contributed by atoms with Crippen LogP contribution in [0.2, 0.25) is 0 Å². The van der Waals surface area contributed by atoms with Crippen LogP contribution in [0.25, 0.3) is 5.57 Å². The number of aromatic nitrogens is 2. The summed E-state index contributed by atoms with van der Waals surface area (Å²) < 4.78 is 25.0. The van der Waals surface area contributed by atoms with Crippen molar-refractivity contribution >= 4 is 38.7 Å². The molecule has 0 bridgehead atoms. The van der Waals surface area contributed by atoms with E-state index in [4.69, 9.17) is 0 Å². The molecule has 5 nitrogen and oxygen atoms in total. The van der Waals surface area contributed by atoms with Gasteiger partial charge in [-0.1, -0.05) is 37.2 Å². The monoisotopic (exact) mass is 393 g/mol. The zero-order valence-electron chi connectivity index (χ0n) is 14.4. The summed E-state index contributed by atoms with van der Waals surface area (Å²) in [4.78, 5) is 20.8. The number of nitrogens with zero attached hydrogens (tertiary/aromatic N) is 2. The fraction of sp³-hybridized carbons (Fsp3) is 0.389. The van der Waals surface area contributed by atoms with Crippen molar-refractivity contribution in [2.75, 3.05) is 11.1 Å². The quantitative estimate of drug-likeness (QED) is 0.753. The second kappa shape index (κ2) is 8.64. The average Bonchev–Trinajstić information content (AvgIpc) is 3.30. The van der Waals surface area contributed by atoms with Crippen LogP contribution in [0.3, 0.4) is 0 Å². The Bertz CT molecular complexity index is 827. The van der Waals surface area contributed by atoms with Gasteiger partial charge in [-0.05, 0) is 30.9 Å². The first-order chi connectivity index (χ1) is 12.6. The predicted molar refractivity (Wildman–Crippen MR) is 102 cm³/mol.